The lowest BCUT2D eigenvalue weighted by molar-refractivity contribution is -0.159. The molecule has 0 heterocycles. The molecule has 0 unspecified atom stereocenters. The van der Waals surface area contributed by atoms with Crippen molar-refractivity contribution in [1.82, 2.24) is 0 Å². The van der Waals surface area contributed by atoms with Gasteiger partial charge in [-0.2, -0.15) is 0 Å². The molecule has 1 saturated carbocycles. The van der Waals surface area contributed by atoms with E-state index in [2.05, 4.69) is 6.92 Å². The van der Waals surface area contributed by atoms with Crippen LogP contribution in [0, 0.1) is 11.3 Å². The van der Waals surface area contributed by atoms with Gasteiger partial charge in [0.1, 0.15) is 6.61 Å². The lowest BCUT2D eigenvalue weighted by Crippen LogP contribution is -2.43. The van der Waals surface area contributed by atoms with E-state index in [0.29, 0.717) is 32.3 Å². The molecule has 1 fully saturated rings. The van der Waals surface area contributed by atoms with Gasteiger partial charge in [0.2, 0.25) is 0 Å². The standard InChI is InChI=1S/C13H25NO3/c1-3-16-8-9-17-12(15)13(10-14)6-4-11(2)5-7-13/h11H,3-10,14H2,1-2H3. The minimum absolute atomic E-state index is 0.133. The third kappa shape index (κ3) is 3.96. The summed E-state index contributed by atoms with van der Waals surface area (Å²) in [5.41, 5.74) is 5.35. The lowest BCUT2D eigenvalue weighted by atomic mass is 9.71. The summed E-state index contributed by atoms with van der Waals surface area (Å²) in [4.78, 5) is 12.1. The second-order valence-corrected chi connectivity index (χ2v) is 5.00. The molecule has 0 saturated heterocycles. The number of hydrogen-bond acceptors (Lipinski definition) is 4. The quantitative estimate of drug-likeness (QED) is 0.570. The van der Waals surface area contributed by atoms with E-state index in [1.165, 1.54) is 0 Å². The van der Waals surface area contributed by atoms with E-state index in [-0.39, 0.29) is 5.97 Å². The molecule has 2 N–H and O–H groups in total. The molecular weight excluding hydrogens is 218 g/mol. The van der Waals surface area contributed by atoms with Crippen molar-refractivity contribution in [2.45, 2.75) is 39.5 Å². The van der Waals surface area contributed by atoms with Crippen molar-refractivity contribution in [2.75, 3.05) is 26.4 Å². The van der Waals surface area contributed by atoms with Crippen molar-refractivity contribution in [3.8, 4) is 0 Å². The van der Waals surface area contributed by atoms with Gasteiger partial charge in [-0.15, -0.1) is 0 Å². The SMILES string of the molecule is CCOCCOC(=O)C1(CN)CCC(C)CC1. The molecule has 1 aliphatic carbocycles. The van der Waals surface area contributed by atoms with Gasteiger partial charge < -0.3 is 15.2 Å². The van der Waals surface area contributed by atoms with Crippen molar-refractivity contribution >= 4 is 5.97 Å². The Morgan fingerprint density at radius 1 is 1.35 bits per heavy atom. The summed E-state index contributed by atoms with van der Waals surface area (Å²) in [6, 6.07) is 0. The molecule has 4 nitrogen and oxygen atoms in total. The van der Waals surface area contributed by atoms with Gasteiger partial charge in [0.15, 0.2) is 0 Å². The zero-order valence-corrected chi connectivity index (χ0v) is 11.0. The zero-order valence-electron chi connectivity index (χ0n) is 11.0. The third-order valence-electron chi connectivity index (χ3n) is 3.72. The van der Waals surface area contributed by atoms with Crippen LogP contribution in [-0.2, 0) is 14.3 Å². The predicted octanol–water partition coefficient (Wildman–Crippen LogP) is 1.72. The number of rotatable bonds is 6. The van der Waals surface area contributed by atoms with Gasteiger partial charge in [-0.05, 0) is 38.5 Å². The van der Waals surface area contributed by atoms with Gasteiger partial charge in [0.05, 0.1) is 12.0 Å². The molecular formula is C13H25NO3. The maximum absolute atomic E-state index is 12.1. The smallest absolute Gasteiger partial charge is 0.313 e. The molecule has 0 aliphatic heterocycles. The Hall–Kier alpha value is -0.610. The van der Waals surface area contributed by atoms with Gasteiger partial charge in [-0.1, -0.05) is 6.92 Å². The van der Waals surface area contributed by atoms with Gasteiger partial charge in [0.25, 0.3) is 0 Å². The molecule has 4 heteroatoms. The van der Waals surface area contributed by atoms with Crippen molar-refractivity contribution in [3.05, 3.63) is 0 Å². The normalized spacial score (nSPS) is 29.0. The molecule has 1 aliphatic rings. The van der Waals surface area contributed by atoms with Crippen LogP contribution in [0.5, 0.6) is 0 Å². The van der Waals surface area contributed by atoms with Crippen molar-refractivity contribution in [2.24, 2.45) is 17.1 Å². The number of carbonyl (C=O) groups is 1. The first-order valence-electron chi connectivity index (χ1n) is 6.59. The molecule has 0 bridgehead atoms. The molecule has 0 spiro atoms. The van der Waals surface area contributed by atoms with E-state index in [1.54, 1.807) is 0 Å². The van der Waals surface area contributed by atoms with E-state index in [4.69, 9.17) is 15.2 Å². The Balaban J connectivity index is 2.40. The molecule has 100 valence electrons. The molecule has 0 aromatic heterocycles. The number of ether oxygens (including phenoxy) is 2. The van der Waals surface area contributed by atoms with Crippen molar-refractivity contribution in [1.29, 1.82) is 0 Å². The fourth-order valence-corrected chi connectivity index (χ4v) is 2.30. The molecule has 1 rings (SSSR count). The minimum atomic E-state index is -0.432. The average molecular weight is 243 g/mol. The first-order chi connectivity index (χ1) is 8.14. The van der Waals surface area contributed by atoms with E-state index in [1.807, 2.05) is 6.92 Å². The zero-order chi connectivity index (χ0) is 12.7. The van der Waals surface area contributed by atoms with E-state index in [9.17, 15) is 4.79 Å². The Morgan fingerprint density at radius 3 is 2.53 bits per heavy atom. The number of hydrogen-bond donors (Lipinski definition) is 1. The van der Waals surface area contributed by atoms with Gasteiger partial charge >= 0.3 is 5.97 Å². The second kappa shape index (κ2) is 6.97. The highest BCUT2D eigenvalue weighted by molar-refractivity contribution is 5.77. The first-order valence-corrected chi connectivity index (χ1v) is 6.59. The summed E-state index contributed by atoms with van der Waals surface area (Å²) in [5.74, 6) is 0.567. The fourth-order valence-electron chi connectivity index (χ4n) is 2.30. The van der Waals surface area contributed by atoms with Crippen LogP contribution in [0.3, 0.4) is 0 Å². The van der Waals surface area contributed by atoms with Crippen molar-refractivity contribution in [3.63, 3.8) is 0 Å². The average Bonchev–Trinajstić information content (AvgIpc) is 2.36. The summed E-state index contributed by atoms with van der Waals surface area (Å²) < 4.78 is 10.4. The van der Waals surface area contributed by atoms with Crippen molar-refractivity contribution < 1.29 is 14.3 Å². The maximum atomic E-state index is 12.1. The Bertz CT molecular complexity index is 235. The van der Waals surface area contributed by atoms with Crippen LogP contribution in [0.25, 0.3) is 0 Å². The van der Waals surface area contributed by atoms with E-state index < -0.39 is 5.41 Å². The van der Waals surface area contributed by atoms with Gasteiger partial charge in [-0.3, -0.25) is 4.79 Å². The third-order valence-corrected chi connectivity index (χ3v) is 3.72. The highest BCUT2D eigenvalue weighted by Crippen LogP contribution is 2.39. The van der Waals surface area contributed by atoms with Gasteiger partial charge in [0, 0.05) is 13.2 Å². The number of esters is 1. The monoisotopic (exact) mass is 243 g/mol. The fraction of sp³-hybridized carbons (Fsp3) is 0.923. The van der Waals surface area contributed by atoms with Crippen LogP contribution in [0.15, 0.2) is 0 Å². The summed E-state index contributed by atoms with van der Waals surface area (Å²) >= 11 is 0. The van der Waals surface area contributed by atoms with Crippen LogP contribution in [0.4, 0.5) is 0 Å². The lowest BCUT2D eigenvalue weighted by Gasteiger charge is -2.36. The Kier molecular flexibility index (Phi) is 5.92. The molecule has 0 amide bonds. The largest absolute Gasteiger partial charge is 0.463 e. The van der Waals surface area contributed by atoms with Crippen LogP contribution in [-0.4, -0.2) is 32.3 Å². The second-order valence-electron chi connectivity index (χ2n) is 5.00. The molecule has 0 aromatic carbocycles. The molecule has 0 atom stereocenters. The highest BCUT2D eigenvalue weighted by atomic mass is 16.6. The van der Waals surface area contributed by atoms with E-state index in [0.717, 1.165) is 25.7 Å². The van der Waals surface area contributed by atoms with Crippen LogP contribution in [0.2, 0.25) is 0 Å². The Labute approximate surface area is 104 Å². The highest BCUT2D eigenvalue weighted by Gasteiger charge is 2.41. The first kappa shape index (κ1) is 14.5. The summed E-state index contributed by atoms with van der Waals surface area (Å²) in [6.07, 6.45) is 3.85. The number of nitrogens with two attached hydrogens (primary N) is 1. The summed E-state index contributed by atoms with van der Waals surface area (Å²) in [6.45, 7) is 6.00. The van der Waals surface area contributed by atoms with Crippen LogP contribution < -0.4 is 5.73 Å². The minimum Gasteiger partial charge on any atom is -0.463 e. The summed E-state index contributed by atoms with van der Waals surface area (Å²) in [5, 5.41) is 0. The number of carbonyl (C=O) groups excluding carboxylic acids is 1. The van der Waals surface area contributed by atoms with Crippen LogP contribution in [0.1, 0.15) is 39.5 Å². The summed E-state index contributed by atoms with van der Waals surface area (Å²) in [7, 11) is 0. The topological polar surface area (TPSA) is 61.5 Å². The molecule has 17 heavy (non-hydrogen) atoms. The van der Waals surface area contributed by atoms with Crippen LogP contribution >= 0.6 is 0 Å². The predicted molar refractivity (Wildman–Crippen MR) is 66.6 cm³/mol. The van der Waals surface area contributed by atoms with E-state index >= 15 is 0 Å². The molecule has 0 radical (unpaired) electrons. The maximum Gasteiger partial charge on any atom is 0.313 e. The van der Waals surface area contributed by atoms with Gasteiger partial charge in [-0.25, -0.2) is 0 Å². The molecule has 0 aromatic rings. The Morgan fingerprint density at radius 2 is 2.00 bits per heavy atom.